The van der Waals surface area contributed by atoms with Crippen LogP contribution in [0.2, 0.25) is 5.02 Å². The summed E-state index contributed by atoms with van der Waals surface area (Å²) in [6.07, 6.45) is 1.85. The molecular formula is C18H19ClN2O3S. The number of ether oxygens (including phenoxy) is 2. The van der Waals surface area contributed by atoms with E-state index in [2.05, 4.69) is 11.1 Å². The van der Waals surface area contributed by atoms with E-state index in [-0.39, 0.29) is 6.61 Å². The molecular weight excluding hydrogens is 360 g/mol. The van der Waals surface area contributed by atoms with Crippen molar-refractivity contribution in [3.63, 3.8) is 0 Å². The van der Waals surface area contributed by atoms with Crippen LogP contribution in [0, 0.1) is 17.2 Å². The Morgan fingerprint density at radius 2 is 2.12 bits per heavy atom. The first kappa shape index (κ1) is 19.5. The van der Waals surface area contributed by atoms with Gasteiger partial charge in [-0.05, 0) is 24.8 Å². The maximum Gasteiger partial charge on any atom is 0.315 e. The Hall–Kier alpha value is -1.81. The summed E-state index contributed by atoms with van der Waals surface area (Å²) in [5.74, 6) is -1.65. The van der Waals surface area contributed by atoms with Crippen LogP contribution in [0.3, 0.4) is 0 Å². The van der Waals surface area contributed by atoms with Crippen molar-refractivity contribution in [2.24, 2.45) is 10.9 Å². The predicted octanol–water partition coefficient (Wildman–Crippen LogP) is 3.80. The number of thioether (sulfide) groups is 1. The lowest BCUT2D eigenvalue weighted by molar-refractivity contribution is -0.147. The fourth-order valence-electron chi connectivity index (χ4n) is 2.79. The Kier molecular flexibility index (Phi) is 7.06. The smallest absolute Gasteiger partial charge is 0.315 e. The number of benzene rings is 1. The number of rotatable bonds is 6. The summed E-state index contributed by atoms with van der Waals surface area (Å²) in [6.45, 7) is 2.23. The van der Waals surface area contributed by atoms with E-state index >= 15 is 0 Å². The highest BCUT2D eigenvalue weighted by atomic mass is 35.5. The molecule has 2 atom stereocenters. The number of methoxy groups -OCH3 is 1. The van der Waals surface area contributed by atoms with Crippen LogP contribution in [0.25, 0.3) is 0 Å². The summed E-state index contributed by atoms with van der Waals surface area (Å²) < 4.78 is 10.2. The molecule has 2 rings (SSSR count). The lowest BCUT2D eigenvalue weighted by Crippen LogP contribution is -2.34. The minimum Gasteiger partial charge on any atom is -0.463 e. The van der Waals surface area contributed by atoms with Crippen LogP contribution < -0.4 is 0 Å². The minimum absolute atomic E-state index is 0.148. The Morgan fingerprint density at radius 3 is 2.72 bits per heavy atom. The highest BCUT2D eigenvalue weighted by Gasteiger charge is 2.41. The number of allylic oxidation sites excluding steroid dienone is 1. The van der Waals surface area contributed by atoms with Crippen molar-refractivity contribution in [1.82, 2.24) is 0 Å². The molecule has 0 N–H and O–H groups in total. The van der Waals surface area contributed by atoms with Gasteiger partial charge in [0, 0.05) is 23.8 Å². The van der Waals surface area contributed by atoms with Gasteiger partial charge in [0.05, 0.1) is 18.2 Å². The van der Waals surface area contributed by atoms with Crippen molar-refractivity contribution in [2.45, 2.75) is 12.8 Å². The summed E-state index contributed by atoms with van der Waals surface area (Å²) in [5, 5.41) is 10.8. The number of nitriles is 1. The normalized spacial score (nSPS) is 20.0. The lowest BCUT2D eigenvalue weighted by Gasteiger charge is -2.30. The molecule has 0 aliphatic carbocycles. The van der Waals surface area contributed by atoms with E-state index in [9.17, 15) is 10.1 Å². The minimum atomic E-state index is -0.692. The van der Waals surface area contributed by atoms with Crippen LogP contribution in [0.4, 0.5) is 0 Å². The third-order valence-corrected chi connectivity index (χ3v) is 4.98. The highest BCUT2D eigenvalue weighted by molar-refractivity contribution is 8.02. The SMILES string of the molecule is COCCOC(=O)C1C(C)=NC(SC)=C(C#N)[C@H]1c1ccccc1Cl. The second-order valence-electron chi connectivity index (χ2n) is 5.43. The number of hydrogen-bond donors (Lipinski definition) is 0. The standard InChI is InChI=1S/C18H19ClN2O3S/c1-11-15(18(22)24-9-8-23-2)16(12-6-4-5-7-14(12)19)13(10-20)17(21-11)25-3/h4-7,15-16H,8-9H2,1-3H3/t15?,16-/m1/s1. The van der Waals surface area contributed by atoms with Crippen LogP contribution in [-0.2, 0) is 14.3 Å². The number of carbonyl (C=O) groups is 1. The molecule has 1 aromatic carbocycles. The summed E-state index contributed by atoms with van der Waals surface area (Å²) >= 11 is 7.74. The van der Waals surface area contributed by atoms with Gasteiger partial charge in [0.2, 0.25) is 0 Å². The average molecular weight is 379 g/mol. The first-order valence-electron chi connectivity index (χ1n) is 7.68. The molecule has 0 fully saturated rings. The molecule has 1 aliphatic rings. The fraction of sp³-hybridized carbons (Fsp3) is 0.389. The van der Waals surface area contributed by atoms with E-state index < -0.39 is 17.8 Å². The average Bonchev–Trinajstić information content (AvgIpc) is 2.61. The Morgan fingerprint density at radius 1 is 1.40 bits per heavy atom. The molecule has 0 bridgehead atoms. The van der Waals surface area contributed by atoms with Crippen LogP contribution in [0.15, 0.2) is 39.9 Å². The summed E-state index contributed by atoms with van der Waals surface area (Å²) in [4.78, 5) is 17.1. The van der Waals surface area contributed by atoms with Crippen molar-refractivity contribution in [2.75, 3.05) is 26.6 Å². The molecule has 0 saturated heterocycles. The summed E-state index contributed by atoms with van der Waals surface area (Å²) in [7, 11) is 1.54. The van der Waals surface area contributed by atoms with Crippen molar-refractivity contribution in [3.05, 3.63) is 45.5 Å². The number of carbonyl (C=O) groups excluding carboxylic acids is 1. The molecule has 1 aromatic rings. The van der Waals surface area contributed by atoms with Gasteiger partial charge >= 0.3 is 5.97 Å². The van der Waals surface area contributed by atoms with Crippen LogP contribution in [-0.4, -0.2) is 38.3 Å². The van der Waals surface area contributed by atoms with E-state index in [0.717, 1.165) is 5.56 Å². The van der Waals surface area contributed by atoms with Crippen LogP contribution in [0.5, 0.6) is 0 Å². The lowest BCUT2D eigenvalue weighted by atomic mass is 9.77. The topological polar surface area (TPSA) is 71.7 Å². The largest absolute Gasteiger partial charge is 0.463 e. The maximum absolute atomic E-state index is 12.7. The molecule has 132 valence electrons. The van der Waals surface area contributed by atoms with Gasteiger partial charge in [0.25, 0.3) is 0 Å². The molecule has 1 heterocycles. The zero-order valence-corrected chi connectivity index (χ0v) is 15.9. The predicted molar refractivity (Wildman–Crippen MR) is 99.8 cm³/mol. The second-order valence-corrected chi connectivity index (χ2v) is 6.63. The van der Waals surface area contributed by atoms with Crippen molar-refractivity contribution < 1.29 is 14.3 Å². The molecule has 0 saturated carbocycles. The Balaban J connectivity index is 2.51. The third-order valence-electron chi connectivity index (χ3n) is 3.94. The Bertz CT molecular complexity index is 755. The maximum atomic E-state index is 12.7. The fourth-order valence-corrected chi connectivity index (χ4v) is 3.67. The van der Waals surface area contributed by atoms with Crippen LogP contribution >= 0.6 is 23.4 Å². The Labute approximate surface area is 156 Å². The van der Waals surface area contributed by atoms with Crippen molar-refractivity contribution in [3.8, 4) is 6.07 Å². The third kappa shape index (κ3) is 4.24. The second kappa shape index (κ2) is 9.04. The number of halogens is 1. The molecule has 7 heteroatoms. The van der Waals surface area contributed by atoms with Crippen molar-refractivity contribution >= 4 is 35.0 Å². The van der Waals surface area contributed by atoms with E-state index in [4.69, 9.17) is 21.1 Å². The number of aliphatic imine (C=N–C) groups is 1. The summed E-state index contributed by atoms with van der Waals surface area (Å²) in [6, 6.07) is 9.44. The van der Waals surface area contributed by atoms with Crippen LogP contribution in [0.1, 0.15) is 18.4 Å². The van der Waals surface area contributed by atoms with E-state index in [1.807, 2.05) is 24.5 Å². The van der Waals surface area contributed by atoms with Gasteiger partial charge in [-0.1, -0.05) is 29.8 Å². The number of nitrogens with zero attached hydrogens (tertiary/aromatic N) is 2. The summed E-state index contributed by atoms with van der Waals surface area (Å²) in [5.41, 5.74) is 1.76. The van der Waals surface area contributed by atoms with Crippen molar-refractivity contribution in [1.29, 1.82) is 5.26 Å². The molecule has 0 radical (unpaired) electrons. The first-order chi connectivity index (χ1) is 12.0. The van der Waals surface area contributed by atoms with Gasteiger partial charge in [0.15, 0.2) is 0 Å². The number of hydrogen-bond acceptors (Lipinski definition) is 6. The van der Waals surface area contributed by atoms with E-state index in [0.29, 0.717) is 27.9 Å². The van der Waals surface area contributed by atoms with Gasteiger partial charge < -0.3 is 9.47 Å². The zero-order chi connectivity index (χ0) is 18.4. The highest BCUT2D eigenvalue weighted by Crippen LogP contribution is 2.43. The quantitative estimate of drug-likeness (QED) is 0.556. The van der Waals surface area contributed by atoms with Gasteiger partial charge in [0.1, 0.15) is 17.6 Å². The van der Waals surface area contributed by atoms with Gasteiger partial charge in [-0.25, -0.2) is 4.99 Å². The van der Waals surface area contributed by atoms with Gasteiger partial charge in [-0.15, -0.1) is 11.8 Å². The number of esters is 1. The zero-order valence-electron chi connectivity index (χ0n) is 14.3. The molecule has 0 spiro atoms. The van der Waals surface area contributed by atoms with Gasteiger partial charge in [-0.3, -0.25) is 4.79 Å². The van der Waals surface area contributed by atoms with Gasteiger partial charge in [-0.2, -0.15) is 5.26 Å². The van der Waals surface area contributed by atoms with E-state index in [1.54, 1.807) is 13.0 Å². The molecule has 0 aromatic heterocycles. The van der Waals surface area contributed by atoms with E-state index in [1.165, 1.54) is 18.9 Å². The molecule has 0 amide bonds. The monoisotopic (exact) mass is 378 g/mol. The molecule has 25 heavy (non-hydrogen) atoms. The molecule has 1 unspecified atom stereocenters. The first-order valence-corrected chi connectivity index (χ1v) is 9.28. The molecule has 1 aliphatic heterocycles. The molecule has 5 nitrogen and oxygen atoms in total.